The molecule has 100 valence electrons. The van der Waals surface area contributed by atoms with Gasteiger partial charge in [0.15, 0.2) is 0 Å². The van der Waals surface area contributed by atoms with Gasteiger partial charge in [0.25, 0.3) is 0 Å². The van der Waals surface area contributed by atoms with Crippen LogP contribution >= 0.6 is 0 Å². The van der Waals surface area contributed by atoms with E-state index < -0.39 is 15.8 Å². The van der Waals surface area contributed by atoms with Crippen LogP contribution in [0, 0.1) is 11.7 Å². The van der Waals surface area contributed by atoms with Crippen LogP contribution in [0.25, 0.3) is 0 Å². The van der Waals surface area contributed by atoms with Crippen molar-refractivity contribution in [2.75, 3.05) is 18.8 Å². The van der Waals surface area contributed by atoms with Gasteiger partial charge in [-0.3, -0.25) is 0 Å². The normalized spacial score (nSPS) is 16.2. The number of nitrogen functional groups attached to an aromatic ring is 1. The minimum atomic E-state index is -3.61. The topological polar surface area (TPSA) is 63.4 Å². The van der Waals surface area contributed by atoms with Crippen molar-refractivity contribution in [3.05, 3.63) is 24.0 Å². The number of nitrogens with two attached hydrogens (primary N) is 1. The highest BCUT2D eigenvalue weighted by molar-refractivity contribution is 7.89. The number of rotatable bonds is 5. The van der Waals surface area contributed by atoms with E-state index in [4.69, 9.17) is 5.73 Å². The second-order valence-corrected chi connectivity index (χ2v) is 6.52. The van der Waals surface area contributed by atoms with Gasteiger partial charge in [-0.1, -0.05) is 6.92 Å². The van der Waals surface area contributed by atoms with Crippen molar-refractivity contribution in [3.8, 4) is 0 Å². The molecule has 2 rings (SSSR count). The number of sulfonamides is 1. The maximum absolute atomic E-state index is 13.3. The first-order valence-corrected chi connectivity index (χ1v) is 7.44. The summed E-state index contributed by atoms with van der Waals surface area (Å²) < 4.78 is 39.4. The first kappa shape index (κ1) is 13.3. The van der Waals surface area contributed by atoms with E-state index in [0.717, 1.165) is 18.9 Å². The average Bonchev–Trinajstić information content (AvgIpc) is 3.13. The molecule has 0 aliphatic heterocycles. The zero-order chi connectivity index (χ0) is 13.3. The van der Waals surface area contributed by atoms with E-state index in [2.05, 4.69) is 0 Å². The number of nitrogens with zero attached hydrogens (tertiary/aromatic N) is 1. The Labute approximate surface area is 107 Å². The third-order valence-corrected chi connectivity index (χ3v) is 5.06. The number of hydrogen-bond acceptors (Lipinski definition) is 3. The summed E-state index contributed by atoms with van der Waals surface area (Å²) in [6.07, 6.45) is 2.14. The third kappa shape index (κ3) is 2.64. The van der Waals surface area contributed by atoms with E-state index in [-0.39, 0.29) is 10.6 Å². The van der Waals surface area contributed by atoms with E-state index in [0.29, 0.717) is 19.0 Å². The Bertz CT molecular complexity index is 541. The summed E-state index contributed by atoms with van der Waals surface area (Å²) >= 11 is 0. The lowest BCUT2D eigenvalue weighted by Crippen LogP contribution is -2.32. The predicted octanol–water partition coefficient (Wildman–Crippen LogP) is 1.83. The molecule has 0 bridgehead atoms. The maximum atomic E-state index is 13.3. The molecule has 4 nitrogen and oxygen atoms in total. The molecule has 0 unspecified atom stereocenters. The van der Waals surface area contributed by atoms with Crippen molar-refractivity contribution in [1.82, 2.24) is 4.31 Å². The monoisotopic (exact) mass is 272 g/mol. The maximum Gasteiger partial charge on any atom is 0.243 e. The molecule has 0 amide bonds. The van der Waals surface area contributed by atoms with Crippen LogP contribution in [-0.2, 0) is 10.0 Å². The van der Waals surface area contributed by atoms with Gasteiger partial charge >= 0.3 is 0 Å². The van der Waals surface area contributed by atoms with Crippen LogP contribution < -0.4 is 5.73 Å². The van der Waals surface area contributed by atoms with Crippen LogP contribution in [0.4, 0.5) is 10.1 Å². The van der Waals surface area contributed by atoms with Gasteiger partial charge in [-0.2, -0.15) is 4.31 Å². The lowest BCUT2D eigenvalue weighted by molar-refractivity contribution is 0.411. The zero-order valence-corrected chi connectivity index (χ0v) is 11.1. The van der Waals surface area contributed by atoms with Gasteiger partial charge in [-0.05, 0) is 37.0 Å². The van der Waals surface area contributed by atoms with Crippen LogP contribution in [0.2, 0.25) is 0 Å². The van der Waals surface area contributed by atoms with Crippen molar-refractivity contribution in [1.29, 1.82) is 0 Å². The molecule has 0 saturated heterocycles. The lowest BCUT2D eigenvalue weighted by Gasteiger charge is -2.20. The van der Waals surface area contributed by atoms with E-state index in [9.17, 15) is 12.8 Å². The first-order valence-electron chi connectivity index (χ1n) is 6.00. The third-order valence-electron chi connectivity index (χ3n) is 3.12. The Balaban J connectivity index is 2.29. The molecule has 0 radical (unpaired) electrons. The fourth-order valence-electron chi connectivity index (χ4n) is 1.80. The molecule has 0 heterocycles. The number of hydrogen-bond donors (Lipinski definition) is 1. The fourth-order valence-corrected chi connectivity index (χ4v) is 3.34. The Morgan fingerprint density at radius 1 is 1.44 bits per heavy atom. The molecule has 2 N–H and O–H groups in total. The quantitative estimate of drug-likeness (QED) is 0.832. The zero-order valence-electron chi connectivity index (χ0n) is 10.3. The molecule has 1 aromatic rings. The van der Waals surface area contributed by atoms with Gasteiger partial charge in [0.1, 0.15) is 5.82 Å². The molecular formula is C12H17FN2O2S. The molecule has 0 atom stereocenters. The number of benzene rings is 1. The van der Waals surface area contributed by atoms with Crippen LogP contribution in [0.15, 0.2) is 23.1 Å². The van der Waals surface area contributed by atoms with Crippen molar-refractivity contribution < 1.29 is 12.8 Å². The van der Waals surface area contributed by atoms with Gasteiger partial charge in [0.05, 0.1) is 10.6 Å². The number of anilines is 1. The molecule has 0 spiro atoms. The summed E-state index contributed by atoms with van der Waals surface area (Å²) in [5, 5.41) is 0. The largest absolute Gasteiger partial charge is 0.396 e. The first-order chi connectivity index (χ1) is 8.45. The Morgan fingerprint density at radius 3 is 2.61 bits per heavy atom. The molecule has 0 aromatic heterocycles. The molecule has 1 saturated carbocycles. The van der Waals surface area contributed by atoms with E-state index >= 15 is 0 Å². The fraction of sp³-hybridized carbons (Fsp3) is 0.500. The molecule has 6 heteroatoms. The highest BCUT2D eigenvalue weighted by atomic mass is 32.2. The van der Waals surface area contributed by atoms with E-state index in [1.807, 2.05) is 0 Å². The minimum Gasteiger partial charge on any atom is -0.396 e. The molecule has 1 aliphatic rings. The Hall–Kier alpha value is -1.14. The standard InChI is InChI=1S/C12H17FN2O2S/c1-2-15(8-9-3-4-9)18(16,17)10-5-6-12(14)11(13)7-10/h5-7,9H,2-4,8,14H2,1H3. The highest BCUT2D eigenvalue weighted by Gasteiger charge is 2.30. The summed E-state index contributed by atoms with van der Waals surface area (Å²) in [6.45, 7) is 2.70. The molecule has 18 heavy (non-hydrogen) atoms. The predicted molar refractivity (Wildman–Crippen MR) is 68.0 cm³/mol. The van der Waals surface area contributed by atoms with Crippen molar-refractivity contribution >= 4 is 15.7 Å². The van der Waals surface area contributed by atoms with Crippen molar-refractivity contribution in [3.63, 3.8) is 0 Å². The van der Waals surface area contributed by atoms with Crippen LogP contribution in [0.1, 0.15) is 19.8 Å². The Kier molecular flexibility index (Phi) is 3.59. The van der Waals surface area contributed by atoms with Crippen molar-refractivity contribution in [2.45, 2.75) is 24.7 Å². The summed E-state index contributed by atoms with van der Waals surface area (Å²) in [5.41, 5.74) is 5.31. The second kappa shape index (κ2) is 4.85. The smallest absolute Gasteiger partial charge is 0.243 e. The Morgan fingerprint density at radius 2 is 2.11 bits per heavy atom. The summed E-state index contributed by atoms with van der Waals surface area (Å²) in [7, 11) is -3.61. The van der Waals surface area contributed by atoms with Gasteiger partial charge < -0.3 is 5.73 Å². The summed E-state index contributed by atoms with van der Waals surface area (Å²) in [6, 6.07) is 3.62. The summed E-state index contributed by atoms with van der Waals surface area (Å²) in [4.78, 5) is -0.0308. The molecule has 1 aliphatic carbocycles. The molecule has 1 fully saturated rings. The van der Waals surface area contributed by atoms with Gasteiger partial charge in [-0.25, -0.2) is 12.8 Å². The molecular weight excluding hydrogens is 255 g/mol. The van der Waals surface area contributed by atoms with Crippen molar-refractivity contribution in [2.24, 2.45) is 5.92 Å². The van der Waals surface area contributed by atoms with E-state index in [1.54, 1.807) is 6.92 Å². The van der Waals surface area contributed by atoms with Crippen LogP contribution in [0.5, 0.6) is 0 Å². The highest BCUT2D eigenvalue weighted by Crippen LogP contribution is 2.31. The number of halogens is 1. The SMILES string of the molecule is CCN(CC1CC1)S(=O)(=O)c1ccc(N)c(F)c1. The van der Waals surface area contributed by atoms with Crippen LogP contribution in [-0.4, -0.2) is 25.8 Å². The van der Waals surface area contributed by atoms with Gasteiger partial charge in [0, 0.05) is 13.1 Å². The minimum absolute atomic E-state index is 0.0308. The van der Waals surface area contributed by atoms with E-state index in [1.165, 1.54) is 16.4 Å². The lowest BCUT2D eigenvalue weighted by atomic mass is 10.3. The van der Waals surface area contributed by atoms with Gasteiger partial charge in [-0.15, -0.1) is 0 Å². The summed E-state index contributed by atoms with van der Waals surface area (Å²) in [5.74, 6) is -0.239. The molecule has 1 aromatic carbocycles. The second-order valence-electron chi connectivity index (χ2n) is 4.58. The average molecular weight is 272 g/mol. The van der Waals surface area contributed by atoms with Crippen LogP contribution in [0.3, 0.4) is 0 Å². The van der Waals surface area contributed by atoms with Gasteiger partial charge in [0.2, 0.25) is 10.0 Å².